The van der Waals surface area contributed by atoms with Crippen LogP contribution in [-0.4, -0.2) is 87.1 Å². The average molecular weight is 510 g/mol. The molecule has 4 unspecified atom stereocenters. The number of aromatic amines is 1. The molecule has 2 heterocycles. The van der Waals surface area contributed by atoms with E-state index in [1.54, 1.807) is 0 Å². The molecule has 14 nitrogen and oxygen atoms in total. The average Bonchev–Trinajstić information content (AvgIpc) is 3.54. The number of imidazole rings is 1. The summed E-state index contributed by atoms with van der Waals surface area (Å²) in [6.07, 6.45) is 4.87. The van der Waals surface area contributed by atoms with Crippen molar-refractivity contribution in [3.8, 4) is 0 Å². The first-order valence-corrected chi connectivity index (χ1v) is 12.0. The van der Waals surface area contributed by atoms with Gasteiger partial charge in [0.1, 0.15) is 18.1 Å². The third-order valence-electron chi connectivity index (χ3n) is 5.83. The molecule has 0 bridgehead atoms. The van der Waals surface area contributed by atoms with E-state index in [0.717, 1.165) is 6.42 Å². The van der Waals surface area contributed by atoms with Crippen LogP contribution in [0, 0.1) is 0 Å². The smallest absolute Gasteiger partial charge is 0.326 e. The number of unbranched alkanes of at least 4 members (excludes halogenated alkanes) is 1. The molecule has 0 radical (unpaired) electrons. The highest BCUT2D eigenvalue weighted by Crippen LogP contribution is 2.08. The number of nitrogens with zero attached hydrogens (tertiary/aromatic N) is 1. The van der Waals surface area contributed by atoms with Gasteiger partial charge in [-0.3, -0.25) is 19.2 Å². The van der Waals surface area contributed by atoms with Gasteiger partial charge in [-0.15, -0.1) is 0 Å². The topological polar surface area (TPSA) is 229 Å². The molecule has 2 rings (SSSR count). The van der Waals surface area contributed by atoms with Crippen LogP contribution in [0.5, 0.6) is 0 Å². The minimum Gasteiger partial charge on any atom is -0.481 e. The largest absolute Gasteiger partial charge is 0.481 e. The fourth-order valence-corrected chi connectivity index (χ4v) is 3.84. The van der Waals surface area contributed by atoms with Gasteiger partial charge in [0.05, 0.1) is 12.4 Å². The summed E-state index contributed by atoms with van der Waals surface area (Å²) in [7, 11) is 0. The number of amides is 3. The second-order valence-corrected chi connectivity index (χ2v) is 8.67. The van der Waals surface area contributed by atoms with Crippen molar-refractivity contribution in [3.05, 3.63) is 18.2 Å². The van der Waals surface area contributed by atoms with Crippen molar-refractivity contribution in [3.63, 3.8) is 0 Å². The molecule has 1 fully saturated rings. The van der Waals surface area contributed by atoms with Crippen molar-refractivity contribution in [2.75, 3.05) is 13.1 Å². The lowest BCUT2D eigenvalue weighted by atomic mass is 10.1. The van der Waals surface area contributed by atoms with E-state index in [0.29, 0.717) is 38.0 Å². The SMILES string of the molecule is NCCCCC(NC(=O)C(CCC(=O)O)NC(=O)C(Cc1cnc[nH]1)NC(=O)C1CCCN1)C(=O)O. The Kier molecular flexibility index (Phi) is 11.8. The van der Waals surface area contributed by atoms with E-state index in [1.165, 1.54) is 12.5 Å². The first-order valence-electron chi connectivity index (χ1n) is 12.0. The van der Waals surface area contributed by atoms with E-state index >= 15 is 0 Å². The van der Waals surface area contributed by atoms with Crippen molar-refractivity contribution in [1.29, 1.82) is 0 Å². The zero-order valence-electron chi connectivity index (χ0n) is 20.0. The van der Waals surface area contributed by atoms with Crippen molar-refractivity contribution in [2.24, 2.45) is 5.73 Å². The molecule has 9 N–H and O–H groups in total. The fourth-order valence-electron chi connectivity index (χ4n) is 3.84. The third-order valence-corrected chi connectivity index (χ3v) is 5.83. The molecule has 200 valence electrons. The Bertz CT molecular complexity index is 887. The van der Waals surface area contributed by atoms with Gasteiger partial charge in [0.2, 0.25) is 17.7 Å². The van der Waals surface area contributed by atoms with Crippen molar-refractivity contribution in [1.82, 2.24) is 31.2 Å². The van der Waals surface area contributed by atoms with Crippen molar-refractivity contribution >= 4 is 29.7 Å². The molecule has 1 aliphatic rings. The molecule has 0 saturated carbocycles. The van der Waals surface area contributed by atoms with Gasteiger partial charge in [-0.2, -0.15) is 0 Å². The van der Waals surface area contributed by atoms with E-state index in [-0.39, 0.29) is 25.2 Å². The number of carbonyl (C=O) groups is 5. The Labute approximate surface area is 208 Å². The Balaban J connectivity index is 2.13. The highest BCUT2D eigenvalue weighted by Gasteiger charge is 2.32. The molecule has 0 aliphatic carbocycles. The van der Waals surface area contributed by atoms with E-state index in [2.05, 4.69) is 31.2 Å². The number of H-pyrrole nitrogens is 1. The maximum absolute atomic E-state index is 13.2. The van der Waals surface area contributed by atoms with Crippen LogP contribution < -0.4 is 27.0 Å². The number of nitrogens with two attached hydrogens (primary N) is 1. The minimum absolute atomic E-state index is 0.0500. The number of carboxylic acids is 2. The van der Waals surface area contributed by atoms with Gasteiger partial charge in [-0.25, -0.2) is 9.78 Å². The normalized spacial score (nSPS) is 17.5. The van der Waals surface area contributed by atoms with E-state index in [1.807, 2.05) is 0 Å². The molecule has 0 aromatic carbocycles. The summed E-state index contributed by atoms with van der Waals surface area (Å²) in [6, 6.07) is -4.07. The molecule has 14 heteroatoms. The number of aliphatic carboxylic acids is 2. The minimum atomic E-state index is -1.32. The number of carboxylic acid groups (broad SMARTS) is 2. The molecule has 4 atom stereocenters. The van der Waals surface area contributed by atoms with Gasteiger partial charge in [-0.05, 0) is 51.6 Å². The number of rotatable bonds is 16. The predicted molar refractivity (Wildman–Crippen MR) is 127 cm³/mol. The van der Waals surface area contributed by atoms with Crippen LogP contribution in [0.25, 0.3) is 0 Å². The standard InChI is InChI=1S/C22H35N7O7/c23-8-2-1-4-16(22(35)36)28-20(33)15(6-7-18(30)31)27-21(34)17(10-13-11-24-12-26-13)29-19(32)14-5-3-9-25-14/h11-12,14-17,25H,1-10,23H2,(H,24,26)(H,27,34)(H,28,33)(H,29,32)(H,30,31)(H,35,36). The summed E-state index contributed by atoms with van der Waals surface area (Å²) < 4.78 is 0. The molecule has 0 spiro atoms. The van der Waals surface area contributed by atoms with E-state index in [4.69, 9.17) is 10.8 Å². The van der Waals surface area contributed by atoms with E-state index < -0.39 is 54.3 Å². The summed E-state index contributed by atoms with van der Waals surface area (Å²) >= 11 is 0. The third kappa shape index (κ3) is 9.62. The summed E-state index contributed by atoms with van der Waals surface area (Å²) in [5, 5.41) is 29.1. The summed E-state index contributed by atoms with van der Waals surface area (Å²) in [5.41, 5.74) is 6.00. The van der Waals surface area contributed by atoms with Gasteiger partial charge in [-0.1, -0.05) is 0 Å². The number of hydrogen-bond donors (Lipinski definition) is 8. The zero-order chi connectivity index (χ0) is 26.5. The first kappa shape index (κ1) is 28.7. The Morgan fingerprint density at radius 2 is 1.75 bits per heavy atom. The highest BCUT2D eigenvalue weighted by atomic mass is 16.4. The number of hydrogen-bond acceptors (Lipinski definition) is 8. The quantitative estimate of drug-likeness (QED) is 0.117. The predicted octanol–water partition coefficient (Wildman–Crippen LogP) is -1.76. The van der Waals surface area contributed by atoms with Crippen molar-refractivity contribution in [2.45, 2.75) is 75.5 Å². The van der Waals surface area contributed by atoms with Gasteiger partial charge < -0.3 is 42.2 Å². The summed E-state index contributed by atoms with van der Waals surface area (Å²) in [5.74, 6) is -4.35. The van der Waals surface area contributed by atoms with E-state index in [9.17, 15) is 29.1 Å². The van der Waals surface area contributed by atoms with Gasteiger partial charge in [0, 0.05) is 24.7 Å². The monoisotopic (exact) mass is 509 g/mol. The van der Waals surface area contributed by atoms with Crippen LogP contribution in [-0.2, 0) is 30.4 Å². The van der Waals surface area contributed by atoms with Crippen LogP contribution in [0.1, 0.15) is 50.6 Å². The number of carbonyl (C=O) groups excluding carboxylic acids is 3. The molecule has 1 aromatic rings. The molecular weight excluding hydrogens is 474 g/mol. The first-order chi connectivity index (χ1) is 17.2. The lowest BCUT2D eigenvalue weighted by Gasteiger charge is -2.25. The number of aromatic nitrogens is 2. The summed E-state index contributed by atoms with van der Waals surface area (Å²) in [6.45, 7) is 1.06. The number of nitrogens with one attached hydrogen (secondary N) is 5. The lowest BCUT2D eigenvalue weighted by molar-refractivity contribution is -0.143. The van der Waals surface area contributed by atoms with Crippen LogP contribution in [0.2, 0.25) is 0 Å². The van der Waals surface area contributed by atoms with Gasteiger partial charge >= 0.3 is 11.9 Å². The zero-order valence-corrected chi connectivity index (χ0v) is 20.0. The molecular formula is C22H35N7O7. The summed E-state index contributed by atoms with van der Waals surface area (Å²) in [4.78, 5) is 68.2. The maximum Gasteiger partial charge on any atom is 0.326 e. The Morgan fingerprint density at radius 1 is 1.03 bits per heavy atom. The van der Waals surface area contributed by atoms with Crippen molar-refractivity contribution < 1.29 is 34.2 Å². The van der Waals surface area contributed by atoms with Crippen LogP contribution >= 0.6 is 0 Å². The lowest BCUT2D eigenvalue weighted by Crippen LogP contribution is -2.57. The van der Waals surface area contributed by atoms with Crippen LogP contribution in [0.4, 0.5) is 0 Å². The molecule has 36 heavy (non-hydrogen) atoms. The molecule has 3 amide bonds. The Morgan fingerprint density at radius 3 is 2.33 bits per heavy atom. The highest BCUT2D eigenvalue weighted by molar-refractivity contribution is 5.94. The Hall–Kier alpha value is -3.52. The van der Waals surface area contributed by atoms with Crippen LogP contribution in [0.15, 0.2) is 12.5 Å². The fraction of sp³-hybridized carbons (Fsp3) is 0.636. The molecule has 1 aromatic heterocycles. The van der Waals surface area contributed by atoms with Gasteiger partial charge in [0.15, 0.2) is 0 Å². The second kappa shape index (κ2) is 14.8. The molecule has 1 saturated heterocycles. The second-order valence-electron chi connectivity index (χ2n) is 8.67. The molecule has 1 aliphatic heterocycles. The van der Waals surface area contributed by atoms with Gasteiger partial charge in [0.25, 0.3) is 0 Å². The maximum atomic E-state index is 13.2. The van der Waals surface area contributed by atoms with Crippen LogP contribution in [0.3, 0.4) is 0 Å².